The van der Waals surface area contributed by atoms with Crippen LogP contribution in [0.4, 0.5) is 0 Å². The molecule has 30 heavy (non-hydrogen) atoms. The third kappa shape index (κ3) is 10.5. The van der Waals surface area contributed by atoms with E-state index >= 15 is 0 Å². The highest BCUT2D eigenvalue weighted by atomic mass is 15.1. The van der Waals surface area contributed by atoms with Crippen molar-refractivity contribution in [3.63, 3.8) is 0 Å². The molecular weight excluding hydrogens is 364 g/mol. The molecule has 0 aliphatic rings. The highest BCUT2D eigenvalue weighted by Crippen LogP contribution is 2.15. The van der Waals surface area contributed by atoms with E-state index in [0.717, 1.165) is 25.8 Å². The molecule has 0 aliphatic carbocycles. The smallest absolute Gasteiger partial charge is 0.108 e. The van der Waals surface area contributed by atoms with Crippen molar-refractivity contribution < 1.29 is 0 Å². The highest BCUT2D eigenvalue weighted by Gasteiger charge is 2.08. The van der Waals surface area contributed by atoms with E-state index in [4.69, 9.17) is 4.98 Å². The normalized spacial score (nSPS) is 11.3. The number of hydrogen-bond donors (Lipinski definition) is 0. The molecule has 1 aromatic carbocycles. The molecule has 1 aromatic heterocycles. The molecule has 0 aliphatic heterocycles. The molecule has 0 atom stereocenters. The van der Waals surface area contributed by atoms with Gasteiger partial charge >= 0.3 is 0 Å². The standard InChI is InChI=1S/C28H46N2/c1-3-5-6-7-8-9-10-11-12-13-17-23-28-29-27(25-30(28)24-4-2)22-18-21-26-19-15-14-16-20-26/h14-16,19-20,25H,3-13,17-18,21-24H2,1-2H3. The second-order valence-electron chi connectivity index (χ2n) is 8.97. The first-order valence-corrected chi connectivity index (χ1v) is 12.9. The largest absolute Gasteiger partial charge is 0.335 e. The first-order valence-electron chi connectivity index (χ1n) is 12.9. The molecule has 0 saturated carbocycles. The summed E-state index contributed by atoms with van der Waals surface area (Å²) in [6, 6.07) is 10.8. The Morgan fingerprint density at radius 2 is 1.27 bits per heavy atom. The van der Waals surface area contributed by atoms with Gasteiger partial charge in [-0.25, -0.2) is 4.98 Å². The van der Waals surface area contributed by atoms with Crippen LogP contribution in [0.5, 0.6) is 0 Å². The van der Waals surface area contributed by atoms with Crippen LogP contribution >= 0.6 is 0 Å². The highest BCUT2D eigenvalue weighted by molar-refractivity contribution is 5.15. The zero-order valence-electron chi connectivity index (χ0n) is 19.9. The third-order valence-corrected chi connectivity index (χ3v) is 6.12. The van der Waals surface area contributed by atoms with E-state index < -0.39 is 0 Å². The van der Waals surface area contributed by atoms with Gasteiger partial charge in [-0.3, -0.25) is 0 Å². The van der Waals surface area contributed by atoms with Crippen molar-refractivity contribution in [2.24, 2.45) is 0 Å². The second kappa shape index (κ2) is 16.2. The number of rotatable bonds is 18. The minimum atomic E-state index is 1.09. The number of aryl methyl sites for hydroxylation is 4. The van der Waals surface area contributed by atoms with E-state index in [2.05, 4.69) is 54.9 Å². The van der Waals surface area contributed by atoms with E-state index in [1.54, 1.807) is 0 Å². The Labute approximate surface area is 186 Å². The van der Waals surface area contributed by atoms with Crippen LogP contribution in [0.15, 0.2) is 36.5 Å². The minimum absolute atomic E-state index is 1.09. The summed E-state index contributed by atoms with van der Waals surface area (Å²) in [7, 11) is 0. The van der Waals surface area contributed by atoms with Crippen LogP contribution in [0, 0.1) is 0 Å². The van der Waals surface area contributed by atoms with Gasteiger partial charge in [0.25, 0.3) is 0 Å². The van der Waals surface area contributed by atoms with Gasteiger partial charge in [-0.2, -0.15) is 0 Å². The van der Waals surface area contributed by atoms with E-state index in [0.29, 0.717) is 0 Å². The third-order valence-electron chi connectivity index (χ3n) is 6.12. The molecule has 0 saturated heterocycles. The lowest BCUT2D eigenvalue weighted by atomic mass is 10.1. The Balaban J connectivity index is 1.61. The summed E-state index contributed by atoms with van der Waals surface area (Å²) in [6.07, 6.45) is 23.5. The van der Waals surface area contributed by atoms with Gasteiger partial charge in [0.05, 0.1) is 5.69 Å². The summed E-state index contributed by atoms with van der Waals surface area (Å²) in [6.45, 7) is 5.67. The van der Waals surface area contributed by atoms with Crippen molar-refractivity contribution >= 4 is 0 Å². The van der Waals surface area contributed by atoms with Gasteiger partial charge in [-0.05, 0) is 37.7 Å². The Morgan fingerprint density at radius 1 is 0.633 bits per heavy atom. The molecule has 0 N–H and O–H groups in total. The summed E-state index contributed by atoms with van der Waals surface area (Å²) in [5.41, 5.74) is 2.73. The van der Waals surface area contributed by atoms with Gasteiger partial charge < -0.3 is 4.57 Å². The monoisotopic (exact) mass is 410 g/mol. The molecule has 2 heteroatoms. The first kappa shape index (κ1) is 24.7. The predicted octanol–water partition coefficient (Wildman–Crippen LogP) is 8.32. The van der Waals surface area contributed by atoms with Crippen molar-refractivity contribution in [1.82, 2.24) is 9.55 Å². The lowest BCUT2D eigenvalue weighted by molar-refractivity contribution is 0.543. The Kier molecular flexibility index (Phi) is 13.3. The Hall–Kier alpha value is -1.57. The second-order valence-corrected chi connectivity index (χ2v) is 8.97. The molecule has 0 radical (unpaired) electrons. The quantitative estimate of drug-likeness (QED) is 0.226. The maximum Gasteiger partial charge on any atom is 0.108 e. The van der Waals surface area contributed by atoms with Crippen LogP contribution in [0.3, 0.4) is 0 Å². The Bertz CT molecular complexity index is 644. The van der Waals surface area contributed by atoms with E-state index in [9.17, 15) is 0 Å². The summed E-state index contributed by atoms with van der Waals surface area (Å²) in [4.78, 5) is 5.01. The van der Waals surface area contributed by atoms with Crippen LogP contribution in [-0.4, -0.2) is 9.55 Å². The molecule has 1 heterocycles. The summed E-state index contributed by atoms with van der Waals surface area (Å²) in [5, 5.41) is 0. The molecule has 0 spiro atoms. The summed E-state index contributed by atoms with van der Waals surface area (Å²) in [5.74, 6) is 1.32. The van der Waals surface area contributed by atoms with E-state index in [1.165, 1.54) is 101 Å². The molecule has 168 valence electrons. The van der Waals surface area contributed by atoms with Gasteiger partial charge in [-0.15, -0.1) is 0 Å². The van der Waals surface area contributed by atoms with Crippen LogP contribution in [0.2, 0.25) is 0 Å². The van der Waals surface area contributed by atoms with Gasteiger partial charge in [0.2, 0.25) is 0 Å². The fourth-order valence-electron chi connectivity index (χ4n) is 4.33. The first-order chi connectivity index (χ1) is 14.8. The van der Waals surface area contributed by atoms with Crippen molar-refractivity contribution in [1.29, 1.82) is 0 Å². The zero-order valence-corrected chi connectivity index (χ0v) is 19.9. The average molecular weight is 411 g/mol. The van der Waals surface area contributed by atoms with Gasteiger partial charge in [0, 0.05) is 19.2 Å². The number of nitrogens with zero attached hydrogens (tertiary/aromatic N) is 2. The molecule has 0 unspecified atom stereocenters. The van der Waals surface area contributed by atoms with Gasteiger partial charge in [0.1, 0.15) is 5.82 Å². The molecular formula is C28H46N2. The Morgan fingerprint density at radius 3 is 1.90 bits per heavy atom. The molecule has 2 nitrogen and oxygen atoms in total. The maximum absolute atomic E-state index is 5.01. The molecule has 0 bridgehead atoms. The van der Waals surface area contributed by atoms with Gasteiger partial charge in [-0.1, -0.05) is 108 Å². The number of unbranched alkanes of at least 4 members (excludes halogenated alkanes) is 10. The van der Waals surface area contributed by atoms with Crippen LogP contribution < -0.4 is 0 Å². The predicted molar refractivity (Wildman–Crippen MR) is 131 cm³/mol. The van der Waals surface area contributed by atoms with E-state index in [-0.39, 0.29) is 0 Å². The lowest BCUT2D eigenvalue weighted by Gasteiger charge is -2.06. The van der Waals surface area contributed by atoms with Gasteiger partial charge in [0.15, 0.2) is 0 Å². The fourth-order valence-corrected chi connectivity index (χ4v) is 4.33. The zero-order chi connectivity index (χ0) is 21.3. The fraction of sp³-hybridized carbons (Fsp3) is 0.679. The van der Waals surface area contributed by atoms with Crippen LogP contribution in [0.25, 0.3) is 0 Å². The molecule has 0 fully saturated rings. The van der Waals surface area contributed by atoms with Crippen molar-refractivity contribution in [3.05, 3.63) is 53.6 Å². The topological polar surface area (TPSA) is 17.8 Å². The van der Waals surface area contributed by atoms with E-state index in [1.807, 2.05) is 0 Å². The van der Waals surface area contributed by atoms with Crippen molar-refractivity contribution in [3.8, 4) is 0 Å². The summed E-state index contributed by atoms with van der Waals surface area (Å²) >= 11 is 0. The van der Waals surface area contributed by atoms with Crippen molar-refractivity contribution in [2.75, 3.05) is 0 Å². The van der Waals surface area contributed by atoms with Crippen LogP contribution in [0.1, 0.15) is 114 Å². The minimum Gasteiger partial charge on any atom is -0.335 e. The molecule has 2 aromatic rings. The summed E-state index contributed by atoms with van der Waals surface area (Å²) < 4.78 is 2.42. The SMILES string of the molecule is CCCCCCCCCCCCCc1nc(CCCc2ccccc2)cn1CCC. The number of benzene rings is 1. The number of aromatic nitrogens is 2. The maximum atomic E-state index is 5.01. The van der Waals surface area contributed by atoms with Crippen LogP contribution in [-0.2, 0) is 25.8 Å². The lowest BCUT2D eigenvalue weighted by Crippen LogP contribution is -2.02. The number of hydrogen-bond acceptors (Lipinski definition) is 1. The van der Waals surface area contributed by atoms with Crippen molar-refractivity contribution in [2.45, 2.75) is 123 Å². The number of imidazole rings is 1. The average Bonchev–Trinajstić information content (AvgIpc) is 3.14. The molecule has 2 rings (SSSR count). The molecule has 0 amide bonds.